The molecule has 0 aliphatic heterocycles. The zero-order valence-corrected chi connectivity index (χ0v) is 38.2. The number of nitrogens with zero attached hydrogens (tertiary/aromatic N) is 6. The van der Waals surface area contributed by atoms with E-state index in [1.54, 1.807) is 0 Å². The molecule has 0 saturated carbocycles. The summed E-state index contributed by atoms with van der Waals surface area (Å²) in [7, 11) is 16.7. The molecule has 61 heavy (non-hydrogen) atoms. The quantitative estimate of drug-likeness (QED) is 0.0407. The average molecular weight is 827 g/mol. The lowest BCUT2D eigenvalue weighted by Crippen LogP contribution is -2.36. The number of nitrogens with one attached hydrogen (secondary N) is 2. The highest BCUT2D eigenvalue weighted by Crippen LogP contribution is 2.27. The minimum Gasteiger partial charge on any atom is -0.377 e. The molecule has 0 aliphatic carbocycles. The van der Waals surface area contributed by atoms with Gasteiger partial charge in [0, 0.05) is 164 Å². The number of rotatable bonds is 22. The first-order valence-corrected chi connectivity index (χ1v) is 22.4. The number of carbonyl (C=O) groups is 2. The molecule has 0 spiro atoms. The second-order valence-electron chi connectivity index (χ2n) is 17.5. The normalized spacial score (nSPS) is 11.4. The average Bonchev–Trinajstić information content (AvgIpc) is 3.24. The van der Waals surface area contributed by atoms with Crippen molar-refractivity contribution in [2.45, 2.75) is 83.7 Å². The number of aryl methyl sites for hydroxylation is 2. The van der Waals surface area contributed by atoms with Gasteiger partial charge >= 0.3 is 0 Å². The Morgan fingerprint density at radius 1 is 0.393 bits per heavy atom. The van der Waals surface area contributed by atoms with Crippen LogP contribution in [0.15, 0.2) is 84.9 Å². The molecule has 0 radical (unpaired) electrons. The van der Waals surface area contributed by atoms with Gasteiger partial charge in [0.05, 0.1) is 0 Å². The van der Waals surface area contributed by atoms with Crippen molar-refractivity contribution in [3.63, 3.8) is 0 Å². The summed E-state index contributed by atoms with van der Waals surface area (Å²) in [6.45, 7) is 3.17. The number of benzene rings is 4. The number of hydrogen-bond donors (Lipinski definition) is 2. The number of hydrogen-bond acceptors (Lipinski definition) is 6. The number of amides is 2. The zero-order chi connectivity index (χ0) is 43.5. The molecule has 324 valence electrons. The minimum absolute atomic E-state index is 0.131. The summed E-state index contributed by atoms with van der Waals surface area (Å²) >= 11 is 0. The fourth-order valence-corrected chi connectivity index (χ4v) is 8.26. The molecule has 0 atom stereocenters. The first kappa shape index (κ1) is 44.9. The van der Waals surface area contributed by atoms with Crippen LogP contribution in [0.2, 0.25) is 0 Å². The van der Waals surface area contributed by atoms with Crippen molar-refractivity contribution >= 4 is 78.2 Å². The second-order valence-corrected chi connectivity index (χ2v) is 17.5. The van der Waals surface area contributed by atoms with E-state index in [0.717, 1.165) is 70.9 Å². The van der Waals surface area contributed by atoms with Gasteiger partial charge in [-0.1, -0.05) is 0 Å². The van der Waals surface area contributed by atoms with Gasteiger partial charge in [-0.05, 0) is 106 Å². The predicted molar refractivity (Wildman–Crippen MR) is 257 cm³/mol. The summed E-state index contributed by atoms with van der Waals surface area (Å²) in [5.41, 5.74) is 9.70. The third kappa shape index (κ3) is 11.8. The van der Waals surface area contributed by atoms with E-state index in [2.05, 4.69) is 181 Å². The van der Waals surface area contributed by atoms with Crippen LogP contribution in [-0.2, 0) is 22.7 Å². The molecule has 0 saturated heterocycles. The van der Waals surface area contributed by atoms with Crippen LogP contribution < -0.4 is 39.4 Å². The van der Waals surface area contributed by atoms with E-state index >= 15 is 0 Å². The van der Waals surface area contributed by atoms with Crippen molar-refractivity contribution in [3.8, 4) is 0 Å². The highest BCUT2D eigenvalue weighted by molar-refractivity contribution is 5.92. The van der Waals surface area contributed by atoms with Crippen molar-refractivity contribution in [1.82, 2.24) is 10.6 Å². The van der Waals surface area contributed by atoms with Crippen molar-refractivity contribution in [1.29, 1.82) is 0 Å². The molecule has 0 fully saturated rings. The molecule has 0 aliphatic rings. The lowest BCUT2D eigenvalue weighted by molar-refractivity contribution is -0.646. The van der Waals surface area contributed by atoms with Gasteiger partial charge in [-0.3, -0.25) is 9.59 Å². The number of anilines is 4. The third-order valence-corrected chi connectivity index (χ3v) is 12.0. The molecule has 0 unspecified atom stereocenters. The zero-order valence-electron chi connectivity index (χ0n) is 38.2. The van der Waals surface area contributed by atoms with Gasteiger partial charge in [0.2, 0.25) is 33.9 Å². The Balaban J connectivity index is 0.860. The summed E-state index contributed by atoms with van der Waals surface area (Å²) in [5.74, 6) is 0.262. The molecule has 0 bridgehead atoms. The topological polar surface area (TPSA) is 78.9 Å². The summed E-state index contributed by atoms with van der Waals surface area (Å²) < 4.78 is 4.92. The van der Waals surface area contributed by atoms with Gasteiger partial charge in [-0.15, -0.1) is 0 Å². The second kappa shape index (κ2) is 21.2. The number of pyridine rings is 2. The van der Waals surface area contributed by atoms with Crippen LogP contribution in [0.5, 0.6) is 0 Å². The molecular weight excluding hydrogens is 757 g/mol. The van der Waals surface area contributed by atoms with Gasteiger partial charge in [0.25, 0.3) is 0 Å². The Kier molecular flexibility index (Phi) is 15.6. The molecule has 10 nitrogen and oxygen atoms in total. The largest absolute Gasteiger partial charge is 0.377 e. The van der Waals surface area contributed by atoms with Crippen LogP contribution in [0.25, 0.3) is 43.6 Å². The first-order valence-electron chi connectivity index (χ1n) is 22.4. The number of fused-ring (bicyclic) bond motifs is 4. The maximum atomic E-state index is 12.6. The maximum Gasteiger partial charge on any atom is 0.219 e. The van der Waals surface area contributed by atoms with E-state index in [-0.39, 0.29) is 11.8 Å². The Bertz CT molecular complexity index is 2140. The fraction of sp³-hybridized carbons (Fsp3) is 0.451. The van der Waals surface area contributed by atoms with E-state index < -0.39 is 0 Å². The van der Waals surface area contributed by atoms with E-state index in [9.17, 15) is 9.59 Å². The molecule has 2 aromatic heterocycles. The summed E-state index contributed by atoms with van der Waals surface area (Å²) in [6, 6.07) is 31.4. The lowest BCUT2D eigenvalue weighted by atomic mass is 10.1. The van der Waals surface area contributed by atoms with Crippen molar-refractivity contribution in [3.05, 3.63) is 84.9 Å². The van der Waals surface area contributed by atoms with Crippen LogP contribution in [0, 0.1) is 0 Å². The third-order valence-electron chi connectivity index (χ3n) is 12.0. The Hall–Kier alpha value is -5.64. The molecule has 6 aromatic rings. The molecule has 2 N–H and O–H groups in total. The summed E-state index contributed by atoms with van der Waals surface area (Å²) in [6.07, 6.45) is 9.68. The van der Waals surface area contributed by atoms with E-state index in [1.165, 1.54) is 66.4 Å². The molecule has 2 amide bonds. The van der Waals surface area contributed by atoms with Gasteiger partial charge in [-0.2, -0.15) is 9.13 Å². The molecule has 2 heterocycles. The SMILES string of the molecule is CN(C)c1ccc2cc3ccc(N(C)C)cc3[n+](CCCCCC(=O)NCCCCCNC(=O)CCCCC[n+]3c4cc(N(C)C)ccc4cc4ccc(N(C)C)cc43)c2c1. The number of aromatic nitrogens is 2. The van der Waals surface area contributed by atoms with E-state index in [4.69, 9.17) is 0 Å². The Labute approximate surface area is 364 Å². The molecule has 6 rings (SSSR count). The fourth-order valence-electron chi connectivity index (χ4n) is 8.26. The van der Waals surface area contributed by atoms with Crippen LogP contribution >= 0.6 is 0 Å². The van der Waals surface area contributed by atoms with Gasteiger partial charge < -0.3 is 30.2 Å². The minimum atomic E-state index is 0.131. The summed E-state index contributed by atoms with van der Waals surface area (Å²) in [5, 5.41) is 11.2. The van der Waals surface area contributed by atoms with Crippen LogP contribution in [0.1, 0.15) is 70.6 Å². The van der Waals surface area contributed by atoms with E-state index in [0.29, 0.717) is 25.9 Å². The number of unbranched alkanes of at least 4 members (excludes halogenated alkanes) is 6. The summed E-state index contributed by atoms with van der Waals surface area (Å²) in [4.78, 5) is 33.9. The number of carbonyl (C=O) groups excluding carboxylic acids is 2. The highest BCUT2D eigenvalue weighted by Gasteiger charge is 2.19. The van der Waals surface area contributed by atoms with Gasteiger partial charge in [0.1, 0.15) is 13.1 Å². The molecule has 10 heteroatoms. The highest BCUT2D eigenvalue weighted by atomic mass is 16.2. The Morgan fingerprint density at radius 3 is 0.984 bits per heavy atom. The van der Waals surface area contributed by atoms with Gasteiger partial charge in [-0.25, -0.2) is 0 Å². The first-order chi connectivity index (χ1) is 29.4. The standard InChI is InChI=1S/C51H68N8O2/c1-54(2)42-24-20-38-32-39-21-25-43(55(3)4)35-47(39)58(46(38)34-42)30-16-9-12-18-50(60)52-28-14-11-15-29-53-51(61)19-13-10-17-31-59-48-36-44(56(5)6)26-22-40(48)33-41-23-27-45(57(7)8)37-49(41)59/h20-27,32-37H,9-19,28-31H2,1-8H3/p+2. The van der Waals surface area contributed by atoms with Crippen molar-refractivity contribution < 1.29 is 18.7 Å². The van der Waals surface area contributed by atoms with Crippen LogP contribution in [0.3, 0.4) is 0 Å². The van der Waals surface area contributed by atoms with Crippen LogP contribution in [0.4, 0.5) is 22.7 Å². The molecule has 4 aromatic carbocycles. The smallest absolute Gasteiger partial charge is 0.219 e. The maximum absolute atomic E-state index is 12.6. The van der Waals surface area contributed by atoms with Crippen LogP contribution in [-0.4, -0.2) is 81.3 Å². The van der Waals surface area contributed by atoms with Crippen molar-refractivity contribution in [2.24, 2.45) is 0 Å². The lowest BCUT2D eigenvalue weighted by Gasteiger charge is -2.15. The van der Waals surface area contributed by atoms with Gasteiger partial charge in [0.15, 0.2) is 0 Å². The monoisotopic (exact) mass is 827 g/mol. The Morgan fingerprint density at radius 2 is 0.689 bits per heavy atom. The van der Waals surface area contributed by atoms with E-state index in [1.807, 2.05) is 0 Å². The molecular formula is C51H70N8O2+2. The van der Waals surface area contributed by atoms with Crippen molar-refractivity contribution in [2.75, 3.05) is 89.1 Å². The predicted octanol–water partition coefficient (Wildman–Crippen LogP) is 8.36.